The predicted molar refractivity (Wildman–Crippen MR) is 81.3 cm³/mol. The average Bonchev–Trinajstić information content (AvgIpc) is 2.55. The Kier molecular flexibility index (Phi) is 4.93. The third kappa shape index (κ3) is 3.73. The van der Waals surface area contributed by atoms with E-state index in [1.54, 1.807) is 0 Å². The lowest BCUT2D eigenvalue weighted by atomic mass is 10.1. The van der Waals surface area contributed by atoms with Gasteiger partial charge in [0, 0.05) is 5.56 Å². The number of para-hydroxylation sites is 1. The van der Waals surface area contributed by atoms with Crippen LogP contribution in [0.3, 0.4) is 0 Å². The molecule has 2 aromatic rings. The summed E-state index contributed by atoms with van der Waals surface area (Å²) in [6.07, 6.45) is 4.10. The quantitative estimate of drug-likeness (QED) is 0.889. The zero-order valence-electron chi connectivity index (χ0n) is 11.6. The molecular weight excluding hydrogens is 284 g/mol. The van der Waals surface area contributed by atoms with Crippen molar-refractivity contribution >= 4 is 18.0 Å². The third-order valence-electron chi connectivity index (χ3n) is 2.94. The molecule has 2 aromatic carbocycles. The van der Waals surface area contributed by atoms with Gasteiger partial charge in [0.15, 0.2) is 0 Å². The molecule has 1 heterocycles. The largest absolute Gasteiger partial charge is 0.489 e. The Labute approximate surface area is 127 Å². The van der Waals surface area contributed by atoms with Gasteiger partial charge in [0.25, 0.3) is 0 Å². The van der Waals surface area contributed by atoms with Gasteiger partial charge >= 0.3 is 11.9 Å². The van der Waals surface area contributed by atoms with Crippen molar-refractivity contribution in [1.29, 1.82) is 0 Å². The van der Waals surface area contributed by atoms with Gasteiger partial charge in [-0.25, -0.2) is 9.59 Å². The first-order chi connectivity index (χ1) is 10.6. The van der Waals surface area contributed by atoms with Crippen molar-refractivity contribution in [3.63, 3.8) is 0 Å². The Hall–Kier alpha value is -3.08. The molecule has 5 heteroatoms. The Morgan fingerprint density at radius 2 is 1.41 bits per heavy atom. The summed E-state index contributed by atoms with van der Waals surface area (Å²) >= 11 is 0. The first kappa shape index (κ1) is 15.3. The molecule has 0 radical (unpaired) electrons. The fraction of sp³-hybridized carbons (Fsp3) is 0.0588. The van der Waals surface area contributed by atoms with E-state index in [9.17, 15) is 9.59 Å². The van der Waals surface area contributed by atoms with Gasteiger partial charge < -0.3 is 14.9 Å². The summed E-state index contributed by atoms with van der Waals surface area (Å²) in [5.74, 6) is -1.47. The fourth-order valence-corrected chi connectivity index (χ4v) is 1.92. The number of rotatable bonds is 2. The number of carboxylic acids is 2. The van der Waals surface area contributed by atoms with Crippen LogP contribution in [-0.4, -0.2) is 28.8 Å². The molecule has 0 aliphatic carbocycles. The van der Waals surface area contributed by atoms with Crippen LogP contribution in [0.4, 0.5) is 0 Å². The Morgan fingerprint density at radius 1 is 0.864 bits per heavy atom. The van der Waals surface area contributed by atoms with E-state index in [4.69, 9.17) is 14.9 Å². The number of fused-ring (bicyclic) bond motifs is 1. The molecule has 0 unspecified atom stereocenters. The van der Waals surface area contributed by atoms with Crippen LogP contribution < -0.4 is 4.74 Å². The van der Waals surface area contributed by atoms with Gasteiger partial charge in [0.2, 0.25) is 0 Å². The average molecular weight is 298 g/mol. The van der Waals surface area contributed by atoms with Crippen molar-refractivity contribution in [3.8, 4) is 5.75 Å². The second-order valence-corrected chi connectivity index (χ2v) is 4.41. The normalized spacial score (nSPS) is 11.5. The molecule has 0 aromatic heterocycles. The lowest BCUT2D eigenvalue weighted by molar-refractivity contribution is 0.0651. The highest BCUT2D eigenvalue weighted by Gasteiger charge is 2.13. The van der Waals surface area contributed by atoms with Crippen molar-refractivity contribution in [2.45, 2.75) is 0 Å². The van der Waals surface area contributed by atoms with Crippen molar-refractivity contribution < 1.29 is 24.5 Å². The minimum absolute atomic E-state index is 0.190. The maximum atomic E-state index is 10.5. The Bertz CT molecular complexity index is 685. The molecule has 5 nitrogen and oxygen atoms in total. The molecular formula is C17H14O5. The topological polar surface area (TPSA) is 83.8 Å². The summed E-state index contributed by atoms with van der Waals surface area (Å²) < 4.78 is 5.34. The number of hydrogen-bond donors (Lipinski definition) is 2. The zero-order valence-corrected chi connectivity index (χ0v) is 11.6. The standard InChI is InChI=1S/C9H8O.C8H6O4/c1-2-6-9-8(4-1)5-3-7-10-9;9-7(10)5-3-1-2-4-6(5)8(11)12/h1-6H,7H2;1-4H,(H,9,10)(H,11,12). The van der Waals surface area contributed by atoms with Crippen LogP contribution >= 0.6 is 0 Å². The molecule has 0 bridgehead atoms. The molecule has 0 saturated heterocycles. The first-order valence-corrected chi connectivity index (χ1v) is 6.53. The molecule has 0 atom stereocenters. The lowest BCUT2D eigenvalue weighted by Crippen LogP contribution is -2.06. The van der Waals surface area contributed by atoms with Crippen molar-refractivity contribution in [2.75, 3.05) is 6.61 Å². The molecule has 112 valence electrons. The van der Waals surface area contributed by atoms with Gasteiger partial charge in [-0.05, 0) is 24.3 Å². The number of carbonyl (C=O) groups is 2. The summed E-state index contributed by atoms with van der Waals surface area (Å²) in [5, 5.41) is 17.1. The van der Waals surface area contributed by atoms with Crippen LogP contribution in [0.25, 0.3) is 6.08 Å². The molecule has 3 rings (SSSR count). The molecule has 0 saturated carbocycles. The molecule has 1 aliphatic heterocycles. The summed E-state index contributed by atoms with van der Waals surface area (Å²) in [5.41, 5.74) is 0.795. The SMILES string of the molecule is C1=Cc2ccccc2OC1.O=C(O)c1ccccc1C(=O)O. The monoisotopic (exact) mass is 298 g/mol. The van der Waals surface area contributed by atoms with E-state index in [-0.39, 0.29) is 11.1 Å². The summed E-state index contributed by atoms with van der Waals surface area (Å²) in [7, 11) is 0. The van der Waals surface area contributed by atoms with Crippen LogP contribution in [0.15, 0.2) is 54.6 Å². The maximum absolute atomic E-state index is 10.5. The zero-order chi connectivity index (χ0) is 15.9. The Morgan fingerprint density at radius 3 is 1.95 bits per heavy atom. The van der Waals surface area contributed by atoms with Gasteiger partial charge in [0.05, 0.1) is 11.1 Å². The highest BCUT2D eigenvalue weighted by molar-refractivity contribution is 6.01. The second-order valence-electron chi connectivity index (χ2n) is 4.41. The smallest absolute Gasteiger partial charge is 0.336 e. The molecule has 0 fully saturated rings. The van der Waals surface area contributed by atoms with E-state index in [2.05, 4.69) is 6.08 Å². The lowest BCUT2D eigenvalue weighted by Gasteiger charge is -2.10. The number of hydrogen-bond acceptors (Lipinski definition) is 3. The van der Waals surface area contributed by atoms with Gasteiger partial charge in [-0.15, -0.1) is 0 Å². The number of carboxylic acid groups (broad SMARTS) is 2. The number of aromatic carboxylic acids is 2. The summed E-state index contributed by atoms with van der Waals surface area (Å²) in [6, 6.07) is 13.5. The summed E-state index contributed by atoms with van der Waals surface area (Å²) in [4.78, 5) is 20.9. The van der Waals surface area contributed by atoms with Crippen molar-refractivity contribution in [1.82, 2.24) is 0 Å². The minimum atomic E-state index is -1.23. The minimum Gasteiger partial charge on any atom is -0.489 e. The maximum Gasteiger partial charge on any atom is 0.336 e. The van der Waals surface area contributed by atoms with Crippen LogP contribution in [0.1, 0.15) is 26.3 Å². The van der Waals surface area contributed by atoms with Crippen LogP contribution in [0.2, 0.25) is 0 Å². The van der Waals surface area contributed by atoms with E-state index in [0.29, 0.717) is 6.61 Å². The van der Waals surface area contributed by atoms with E-state index >= 15 is 0 Å². The molecule has 2 N–H and O–H groups in total. The highest BCUT2D eigenvalue weighted by atomic mass is 16.5. The van der Waals surface area contributed by atoms with Gasteiger partial charge in [-0.1, -0.05) is 36.4 Å². The Balaban J connectivity index is 0.000000162. The number of ether oxygens (including phenoxy) is 1. The third-order valence-corrected chi connectivity index (χ3v) is 2.94. The van der Waals surface area contributed by atoms with E-state index in [1.807, 2.05) is 30.3 Å². The van der Waals surface area contributed by atoms with Crippen LogP contribution in [0.5, 0.6) is 5.75 Å². The number of benzene rings is 2. The van der Waals surface area contributed by atoms with Gasteiger partial charge in [-0.2, -0.15) is 0 Å². The predicted octanol–water partition coefficient (Wildman–Crippen LogP) is 3.18. The molecule has 0 amide bonds. The van der Waals surface area contributed by atoms with Gasteiger partial charge in [-0.3, -0.25) is 0 Å². The van der Waals surface area contributed by atoms with Crippen LogP contribution in [-0.2, 0) is 0 Å². The first-order valence-electron chi connectivity index (χ1n) is 6.53. The van der Waals surface area contributed by atoms with Crippen molar-refractivity contribution in [2.24, 2.45) is 0 Å². The van der Waals surface area contributed by atoms with Gasteiger partial charge in [0.1, 0.15) is 12.4 Å². The summed E-state index contributed by atoms with van der Waals surface area (Å²) in [6.45, 7) is 0.705. The molecule has 1 aliphatic rings. The van der Waals surface area contributed by atoms with Crippen LogP contribution in [0, 0.1) is 0 Å². The van der Waals surface area contributed by atoms with E-state index in [1.165, 1.54) is 29.8 Å². The van der Waals surface area contributed by atoms with E-state index in [0.717, 1.165) is 5.75 Å². The highest BCUT2D eigenvalue weighted by Crippen LogP contribution is 2.21. The molecule has 22 heavy (non-hydrogen) atoms. The fourth-order valence-electron chi connectivity index (χ4n) is 1.92. The second kappa shape index (κ2) is 7.08. The van der Waals surface area contributed by atoms with E-state index < -0.39 is 11.9 Å². The van der Waals surface area contributed by atoms with Crippen molar-refractivity contribution in [3.05, 3.63) is 71.3 Å². The molecule has 0 spiro atoms.